The second-order valence-corrected chi connectivity index (χ2v) is 4.23. The standard InChI is InChI=1S/C9H18N2S/c1-7(2)6-12-11-9(10-5)8(3)4/h7-8H,5-6H2,1-4H3/b11-9-. The summed E-state index contributed by atoms with van der Waals surface area (Å²) >= 11 is 1.58. The van der Waals surface area contributed by atoms with Crippen LogP contribution >= 0.6 is 11.9 Å². The first-order valence-electron chi connectivity index (χ1n) is 4.24. The smallest absolute Gasteiger partial charge is 0.138 e. The van der Waals surface area contributed by atoms with E-state index in [2.05, 4.69) is 43.8 Å². The molecule has 3 heteroatoms. The van der Waals surface area contributed by atoms with Crippen LogP contribution in [0.4, 0.5) is 0 Å². The van der Waals surface area contributed by atoms with Gasteiger partial charge in [-0.1, -0.05) is 27.7 Å². The molecule has 0 spiro atoms. The largest absolute Gasteiger partial charge is 0.248 e. The maximum atomic E-state index is 4.29. The van der Waals surface area contributed by atoms with E-state index in [9.17, 15) is 0 Å². The molecule has 0 aliphatic carbocycles. The molecule has 0 unspecified atom stereocenters. The van der Waals surface area contributed by atoms with E-state index >= 15 is 0 Å². The summed E-state index contributed by atoms with van der Waals surface area (Å²) in [5.41, 5.74) is 0. The first kappa shape index (κ1) is 11.7. The van der Waals surface area contributed by atoms with Gasteiger partial charge < -0.3 is 0 Å². The van der Waals surface area contributed by atoms with E-state index in [0.29, 0.717) is 11.8 Å². The lowest BCUT2D eigenvalue weighted by Crippen LogP contribution is -2.02. The van der Waals surface area contributed by atoms with Crippen LogP contribution in [0.2, 0.25) is 0 Å². The Bertz CT molecular complexity index is 162. The van der Waals surface area contributed by atoms with Crippen LogP contribution in [-0.2, 0) is 0 Å². The van der Waals surface area contributed by atoms with Crippen molar-refractivity contribution in [2.45, 2.75) is 27.7 Å². The molecule has 12 heavy (non-hydrogen) atoms. The fourth-order valence-corrected chi connectivity index (χ4v) is 1.34. The first-order chi connectivity index (χ1) is 5.57. The molecular weight excluding hydrogens is 168 g/mol. The van der Waals surface area contributed by atoms with E-state index in [0.717, 1.165) is 11.6 Å². The normalized spacial score (nSPS) is 12.7. The SMILES string of the molecule is C=N/C(=N\SCC(C)C)C(C)C. The minimum atomic E-state index is 0.377. The highest BCUT2D eigenvalue weighted by Gasteiger charge is 2.01. The van der Waals surface area contributed by atoms with Crippen LogP contribution in [0.15, 0.2) is 9.39 Å². The maximum Gasteiger partial charge on any atom is 0.138 e. The highest BCUT2D eigenvalue weighted by Crippen LogP contribution is 2.11. The summed E-state index contributed by atoms with van der Waals surface area (Å²) in [6.07, 6.45) is 0. The van der Waals surface area contributed by atoms with Gasteiger partial charge in [0.2, 0.25) is 0 Å². The average Bonchev–Trinajstić information content (AvgIpc) is 1.96. The second-order valence-electron chi connectivity index (χ2n) is 3.45. The van der Waals surface area contributed by atoms with Crippen LogP contribution in [0.25, 0.3) is 0 Å². The van der Waals surface area contributed by atoms with Crippen molar-refractivity contribution in [2.75, 3.05) is 5.75 Å². The van der Waals surface area contributed by atoms with Crippen molar-refractivity contribution in [1.29, 1.82) is 0 Å². The predicted octanol–water partition coefficient (Wildman–Crippen LogP) is 3.05. The molecule has 0 rings (SSSR count). The number of rotatable bonds is 4. The molecule has 70 valence electrons. The summed E-state index contributed by atoms with van der Waals surface area (Å²) in [6, 6.07) is 0. The summed E-state index contributed by atoms with van der Waals surface area (Å²) in [5, 5.41) is 0. The Morgan fingerprint density at radius 2 is 1.92 bits per heavy atom. The van der Waals surface area contributed by atoms with E-state index in [1.807, 2.05) is 0 Å². The zero-order valence-corrected chi connectivity index (χ0v) is 9.19. The number of hydrogen-bond donors (Lipinski definition) is 0. The predicted molar refractivity (Wildman–Crippen MR) is 59.1 cm³/mol. The molecule has 0 amide bonds. The molecule has 2 nitrogen and oxygen atoms in total. The Morgan fingerprint density at radius 3 is 2.25 bits per heavy atom. The molecule has 0 atom stereocenters. The molecule has 0 aromatic heterocycles. The van der Waals surface area contributed by atoms with Gasteiger partial charge in [-0.05, 0) is 24.6 Å². The average molecular weight is 186 g/mol. The molecule has 0 saturated heterocycles. The number of amidine groups is 1. The van der Waals surface area contributed by atoms with Crippen LogP contribution in [-0.4, -0.2) is 18.3 Å². The van der Waals surface area contributed by atoms with Gasteiger partial charge in [0, 0.05) is 11.7 Å². The highest BCUT2D eigenvalue weighted by molar-refractivity contribution is 7.98. The van der Waals surface area contributed by atoms with Gasteiger partial charge in [0.1, 0.15) is 5.84 Å². The summed E-state index contributed by atoms with van der Waals surface area (Å²) in [6.45, 7) is 12.0. The second kappa shape index (κ2) is 6.23. The number of aliphatic imine (C=N–C) groups is 1. The van der Waals surface area contributed by atoms with Crippen molar-refractivity contribution in [2.24, 2.45) is 21.2 Å². The third-order valence-electron chi connectivity index (χ3n) is 1.24. The Hall–Kier alpha value is -0.310. The van der Waals surface area contributed by atoms with Gasteiger partial charge >= 0.3 is 0 Å². The summed E-state index contributed by atoms with van der Waals surface area (Å²) in [5.74, 6) is 2.95. The van der Waals surface area contributed by atoms with E-state index < -0.39 is 0 Å². The quantitative estimate of drug-likeness (QED) is 0.376. The number of hydrogen-bond acceptors (Lipinski definition) is 2. The Labute approximate surface area is 79.7 Å². The Morgan fingerprint density at radius 1 is 1.33 bits per heavy atom. The molecular formula is C9H18N2S. The van der Waals surface area contributed by atoms with Crippen molar-refractivity contribution in [3.05, 3.63) is 0 Å². The van der Waals surface area contributed by atoms with E-state index in [1.165, 1.54) is 0 Å². The summed E-state index contributed by atoms with van der Waals surface area (Å²) in [7, 11) is 0. The van der Waals surface area contributed by atoms with Crippen LogP contribution in [0.1, 0.15) is 27.7 Å². The van der Waals surface area contributed by atoms with E-state index in [4.69, 9.17) is 0 Å². The van der Waals surface area contributed by atoms with Crippen LogP contribution in [0, 0.1) is 11.8 Å². The molecule has 0 aromatic rings. The molecule has 0 aliphatic heterocycles. The van der Waals surface area contributed by atoms with Crippen molar-refractivity contribution in [3.63, 3.8) is 0 Å². The zero-order chi connectivity index (χ0) is 9.56. The van der Waals surface area contributed by atoms with Crippen molar-refractivity contribution in [1.82, 2.24) is 0 Å². The molecule has 0 saturated carbocycles. The topological polar surface area (TPSA) is 24.7 Å². The van der Waals surface area contributed by atoms with Crippen LogP contribution in [0.3, 0.4) is 0 Å². The lowest BCUT2D eigenvalue weighted by atomic mass is 10.2. The Balaban J connectivity index is 3.86. The van der Waals surface area contributed by atoms with Gasteiger partial charge in [-0.15, -0.1) is 0 Å². The number of nitrogens with zero attached hydrogens (tertiary/aromatic N) is 2. The first-order valence-corrected chi connectivity index (χ1v) is 5.18. The van der Waals surface area contributed by atoms with Crippen molar-refractivity contribution >= 4 is 24.5 Å². The van der Waals surface area contributed by atoms with Crippen LogP contribution in [0.5, 0.6) is 0 Å². The fourth-order valence-electron chi connectivity index (χ4n) is 0.569. The fraction of sp³-hybridized carbons (Fsp3) is 0.778. The molecule has 0 bridgehead atoms. The third-order valence-corrected chi connectivity index (χ3v) is 2.38. The van der Waals surface area contributed by atoms with Gasteiger partial charge in [0.25, 0.3) is 0 Å². The van der Waals surface area contributed by atoms with Crippen LogP contribution < -0.4 is 0 Å². The minimum Gasteiger partial charge on any atom is -0.248 e. The van der Waals surface area contributed by atoms with E-state index in [1.54, 1.807) is 11.9 Å². The molecule has 0 aliphatic rings. The summed E-state index contributed by atoms with van der Waals surface area (Å²) < 4.78 is 4.29. The summed E-state index contributed by atoms with van der Waals surface area (Å²) in [4.78, 5) is 3.86. The van der Waals surface area contributed by atoms with Crippen molar-refractivity contribution < 1.29 is 0 Å². The van der Waals surface area contributed by atoms with Gasteiger partial charge in [0.15, 0.2) is 0 Å². The molecule has 0 heterocycles. The molecule has 0 aromatic carbocycles. The lowest BCUT2D eigenvalue weighted by molar-refractivity contribution is 0.750. The molecule has 0 fully saturated rings. The highest BCUT2D eigenvalue weighted by atomic mass is 32.2. The van der Waals surface area contributed by atoms with Gasteiger partial charge in [-0.3, -0.25) is 0 Å². The zero-order valence-electron chi connectivity index (χ0n) is 8.37. The minimum absolute atomic E-state index is 0.377. The third kappa shape index (κ3) is 5.35. The van der Waals surface area contributed by atoms with Crippen molar-refractivity contribution in [3.8, 4) is 0 Å². The van der Waals surface area contributed by atoms with Gasteiger partial charge in [-0.2, -0.15) is 0 Å². The lowest BCUT2D eigenvalue weighted by Gasteiger charge is -2.04. The Kier molecular flexibility index (Phi) is 6.07. The van der Waals surface area contributed by atoms with E-state index in [-0.39, 0.29) is 0 Å². The monoisotopic (exact) mass is 186 g/mol. The van der Waals surface area contributed by atoms with Gasteiger partial charge in [0.05, 0.1) is 0 Å². The van der Waals surface area contributed by atoms with Gasteiger partial charge in [-0.25, -0.2) is 9.39 Å². The maximum absolute atomic E-state index is 4.29. The molecule has 0 N–H and O–H groups in total. The molecule has 0 radical (unpaired) electrons.